The van der Waals surface area contributed by atoms with Crippen LogP contribution in [0.4, 0.5) is 10.1 Å². The first-order valence-electron chi connectivity index (χ1n) is 12.6. The molecule has 0 radical (unpaired) electrons. The summed E-state index contributed by atoms with van der Waals surface area (Å²) < 4.78 is 26.4. The maximum Gasteiger partial charge on any atom is 0.282 e. The van der Waals surface area contributed by atoms with Gasteiger partial charge in [-0.2, -0.15) is 9.78 Å². The number of amides is 1. The molecule has 0 spiro atoms. The molecule has 8 nitrogen and oxygen atoms in total. The van der Waals surface area contributed by atoms with Gasteiger partial charge < -0.3 is 14.5 Å². The Kier molecular flexibility index (Phi) is 7.43. The number of nitrogens with one attached hydrogen (secondary N) is 1. The Morgan fingerprint density at radius 1 is 1.02 bits per heavy atom. The van der Waals surface area contributed by atoms with Crippen LogP contribution in [0.15, 0.2) is 105 Å². The molecule has 6 rings (SSSR count). The molecule has 11 heteroatoms. The van der Waals surface area contributed by atoms with Crippen LogP contribution in [0.2, 0.25) is 10.0 Å². The number of fused-ring (bicyclic) bond motifs is 2. The van der Waals surface area contributed by atoms with Crippen molar-refractivity contribution in [3.63, 3.8) is 0 Å². The lowest BCUT2D eigenvalue weighted by Gasteiger charge is -2.10. The van der Waals surface area contributed by atoms with Gasteiger partial charge in [-0.3, -0.25) is 9.59 Å². The van der Waals surface area contributed by atoms with Crippen molar-refractivity contribution in [2.24, 2.45) is 5.10 Å². The van der Waals surface area contributed by atoms with Crippen molar-refractivity contribution in [1.82, 2.24) is 9.66 Å². The molecule has 0 saturated carbocycles. The van der Waals surface area contributed by atoms with E-state index >= 15 is 0 Å². The SMILES string of the molecule is O=C(COc1ccc(C=Nn2c(-c3cc4cc(Cl)ccc4o3)nc3ccccc3c2=O)cc1Cl)Nc1ccccc1F. The first-order valence-corrected chi connectivity index (χ1v) is 13.3. The third-order valence-electron chi connectivity index (χ3n) is 6.24. The van der Waals surface area contributed by atoms with Crippen LogP contribution in [-0.2, 0) is 4.79 Å². The molecule has 6 aromatic rings. The summed E-state index contributed by atoms with van der Waals surface area (Å²) in [6, 6.07) is 24.5. The number of carbonyl (C=O) groups excluding carboxylic acids is 1. The van der Waals surface area contributed by atoms with Crippen LogP contribution in [0.1, 0.15) is 5.56 Å². The van der Waals surface area contributed by atoms with Gasteiger partial charge in [0.15, 0.2) is 12.4 Å². The van der Waals surface area contributed by atoms with Gasteiger partial charge in [-0.25, -0.2) is 9.37 Å². The van der Waals surface area contributed by atoms with E-state index < -0.39 is 17.3 Å². The molecule has 0 aliphatic carbocycles. The van der Waals surface area contributed by atoms with Gasteiger partial charge in [-0.1, -0.05) is 47.5 Å². The predicted octanol–water partition coefficient (Wildman–Crippen LogP) is 7.16. The van der Waals surface area contributed by atoms with Gasteiger partial charge in [0.25, 0.3) is 11.5 Å². The molecule has 208 valence electrons. The average Bonchev–Trinajstić information content (AvgIpc) is 3.40. The zero-order chi connectivity index (χ0) is 29.2. The number of hydrogen-bond donors (Lipinski definition) is 1. The van der Waals surface area contributed by atoms with Crippen LogP contribution >= 0.6 is 23.2 Å². The second-order valence-electron chi connectivity index (χ2n) is 9.11. The Labute approximate surface area is 247 Å². The fourth-order valence-electron chi connectivity index (χ4n) is 4.25. The van der Waals surface area contributed by atoms with E-state index in [4.69, 9.17) is 32.4 Å². The maximum atomic E-state index is 13.8. The molecule has 0 fully saturated rings. The van der Waals surface area contributed by atoms with E-state index in [1.165, 1.54) is 24.4 Å². The van der Waals surface area contributed by atoms with Crippen molar-refractivity contribution in [1.29, 1.82) is 0 Å². The van der Waals surface area contributed by atoms with E-state index in [9.17, 15) is 14.0 Å². The summed E-state index contributed by atoms with van der Waals surface area (Å²) in [5.74, 6) is -0.327. The summed E-state index contributed by atoms with van der Waals surface area (Å²) in [7, 11) is 0. The van der Waals surface area contributed by atoms with Gasteiger partial charge in [-0.05, 0) is 72.3 Å². The molecule has 1 N–H and O–H groups in total. The van der Waals surface area contributed by atoms with Gasteiger partial charge in [0.1, 0.15) is 17.1 Å². The minimum absolute atomic E-state index is 0.0491. The smallest absolute Gasteiger partial charge is 0.282 e. The third kappa shape index (κ3) is 5.60. The van der Waals surface area contributed by atoms with Crippen molar-refractivity contribution < 1.29 is 18.3 Å². The summed E-state index contributed by atoms with van der Waals surface area (Å²) in [4.78, 5) is 30.3. The number of rotatable bonds is 7. The minimum Gasteiger partial charge on any atom is -0.482 e. The summed E-state index contributed by atoms with van der Waals surface area (Å²) >= 11 is 12.5. The molecule has 42 heavy (non-hydrogen) atoms. The average molecular weight is 601 g/mol. The van der Waals surface area contributed by atoms with Gasteiger partial charge in [0.05, 0.1) is 27.8 Å². The molecule has 4 aromatic carbocycles. The Hall–Kier alpha value is -4.99. The lowest BCUT2D eigenvalue weighted by molar-refractivity contribution is -0.118. The van der Waals surface area contributed by atoms with Crippen LogP contribution < -0.4 is 15.6 Å². The molecule has 0 aliphatic heterocycles. The summed E-state index contributed by atoms with van der Waals surface area (Å²) in [5, 5.41) is 8.75. The van der Waals surface area contributed by atoms with E-state index in [0.717, 1.165) is 10.1 Å². The van der Waals surface area contributed by atoms with E-state index in [-0.39, 0.29) is 28.9 Å². The number of furan rings is 1. The largest absolute Gasteiger partial charge is 0.482 e. The van der Waals surface area contributed by atoms with Gasteiger partial charge >= 0.3 is 0 Å². The lowest BCUT2D eigenvalue weighted by Crippen LogP contribution is -2.21. The number of anilines is 1. The Morgan fingerprint density at radius 3 is 2.67 bits per heavy atom. The van der Waals surface area contributed by atoms with Gasteiger partial charge in [0, 0.05) is 10.4 Å². The highest BCUT2D eigenvalue weighted by Crippen LogP contribution is 2.29. The van der Waals surface area contributed by atoms with Crippen molar-refractivity contribution in [3.05, 3.63) is 123 Å². The number of nitrogens with zero attached hydrogens (tertiary/aromatic N) is 3. The Balaban J connectivity index is 1.27. The number of benzene rings is 4. The minimum atomic E-state index is -0.555. The van der Waals surface area contributed by atoms with Crippen LogP contribution in [0.5, 0.6) is 5.75 Å². The lowest BCUT2D eigenvalue weighted by atomic mass is 10.2. The van der Waals surface area contributed by atoms with Crippen molar-refractivity contribution in [2.45, 2.75) is 0 Å². The highest BCUT2D eigenvalue weighted by Gasteiger charge is 2.17. The molecular weight excluding hydrogens is 582 g/mol. The first kappa shape index (κ1) is 27.2. The molecule has 2 heterocycles. The molecule has 0 aliphatic rings. The number of aromatic nitrogens is 2. The zero-order valence-corrected chi connectivity index (χ0v) is 23.1. The first-order chi connectivity index (χ1) is 20.4. The van der Waals surface area contributed by atoms with E-state index in [1.54, 1.807) is 72.8 Å². The summed E-state index contributed by atoms with van der Waals surface area (Å²) in [6.07, 6.45) is 1.45. The van der Waals surface area contributed by atoms with Crippen molar-refractivity contribution >= 4 is 62.9 Å². The molecular formula is C31H19Cl2FN4O4. The molecule has 0 atom stereocenters. The normalized spacial score (nSPS) is 11.4. The number of para-hydroxylation sites is 2. The van der Waals surface area contributed by atoms with E-state index in [0.29, 0.717) is 32.8 Å². The molecule has 0 bridgehead atoms. The third-order valence-corrected chi connectivity index (χ3v) is 6.77. The monoisotopic (exact) mass is 600 g/mol. The highest BCUT2D eigenvalue weighted by molar-refractivity contribution is 6.32. The van der Waals surface area contributed by atoms with Crippen LogP contribution in [0, 0.1) is 5.82 Å². The summed E-state index contributed by atoms with van der Waals surface area (Å²) in [5.41, 5.74) is 1.28. The fraction of sp³-hybridized carbons (Fsp3) is 0.0323. The van der Waals surface area contributed by atoms with Crippen LogP contribution in [0.3, 0.4) is 0 Å². The van der Waals surface area contributed by atoms with Crippen LogP contribution in [0.25, 0.3) is 33.5 Å². The van der Waals surface area contributed by atoms with Crippen molar-refractivity contribution in [2.75, 3.05) is 11.9 Å². The number of hydrogen-bond acceptors (Lipinski definition) is 6. The number of halogens is 3. The van der Waals surface area contributed by atoms with E-state index in [1.807, 2.05) is 0 Å². The highest BCUT2D eigenvalue weighted by atomic mass is 35.5. The Bertz CT molecular complexity index is 2070. The topological polar surface area (TPSA) is 98.7 Å². The predicted molar refractivity (Wildman–Crippen MR) is 161 cm³/mol. The second kappa shape index (κ2) is 11.5. The van der Waals surface area contributed by atoms with Crippen molar-refractivity contribution in [3.8, 4) is 17.3 Å². The fourth-order valence-corrected chi connectivity index (χ4v) is 4.67. The van der Waals surface area contributed by atoms with Crippen LogP contribution in [-0.4, -0.2) is 28.4 Å². The maximum absolute atomic E-state index is 13.8. The molecule has 0 saturated heterocycles. The zero-order valence-electron chi connectivity index (χ0n) is 21.6. The quantitative estimate of drug-likeness (QED) is 0.196. The molecule has 2 aromatic heterocycles. The number of ether oxygens (including phenoxy) is 1. The standard InChI is InChI=1S/C31H19Cl2FN4O4/c32-20-10-12-26-19(14-20)15-28(42-26)30-37-24-7-3-1-5-21(24)31(40)38(30)35-16-18-9-11-27(22(33)13-18)41-17-29(39)36-25-8-4-2-6-23(25)34/h1-16H,17H2,(H,36,39). The molecule has 0 unspecified atom stereocenters. The molecule has 1 amide bonds. The van der Waals surface area contributed by atoms with Gasteiger partial charge in [0.2, 0.25) is 5.82 Å². The van der Waals surface area contributed by atoms with E-state index in [2.05, 4.69) is 15.4 Å². The summed E-state index contributed by atoms with van der Waals surface area (Å²) in [6.45, 7) is -0.383. The second-order valence-corrected chi connectivity index (χ2v) is 9.96. The number of carbonyl (C=O) groups is 1. The Morgan fingerprint density at radius 2 is 1.83 bits per heavy atom. The van der Waals surface area contributed by atoms with Gasteiger partial charge in [-0.15, -0.1) is 0 Å².